The Morgan fingerprint density at radius 1 is 1.19 bits per heavy atom. The summed E-state index contributed by atoms with van der Waals surface area (Å²) in [6, 6.07) is 13.3. The van der Waals surface area contributed by atoms with Gasteiger partial charge in [0.05, 0.1) is 31.7 Å². The van der Waals surface area contributed by atoms with Crippen LogP contribution in [0, 0.1) is 0 Å². The second kappa shape index (κ2) is 9.88. The van der Waals surface area contributed by atoms with Gasteiger partial charge in [0.25, 0.3) is 5.91 Å². The normalized spacial score (nSPS) is 15.5. The molecule has 0 radical (unpaired) electrons. The van der Waals surface area contributed by atoms with Gasteiger partial charge < -0.3 is 15.2 Å². The number of carbonyl (C=O) groups excluding carboxylic acids is 1. The molecule has 3 aromatic rings. The second-order valence-corrected chi connectivity index (χ2v) is 9.97. The Balaban J connectivity index is 1.62. The number of benzene rings is 2. The molecular formula is C21H20BrN5O3S2. The van der Waals surface area contributed by atoms with Gasteiger partial charge in [0, 0.05) is 10.9 Å². The van der Waals surface area contributed by atoms with E-state index in [0.717, 1.165) is 21.3 Å². The van der Waals surface area contributed by atoms with E-state index in [1.165, 1.54) is 23.1 Å². The van der Waals surface area contributed by atoms with E-state index in [-0.39, 0.29) is 17.7 Å². The second-order valence-electron chi connectivity index (χ2n) is 6.82. The van der Waals surface area contributed by atoms with E-state index in [1.807, 2.05) is 42.5 Å². The number of thioether (sulfide) groups is 1. The molecule has 11 heteroatoms. The molecule has 0 bridgehead atoms. The summed E-state index contributed by atoms with van der Waals surface area (Å²) >= 11 is 6.01. The first-order valence-electron chi connectivity index (χ1n) is 9.57. The van der Waals surface area contributed by atoms with Crippen LogP contribution in [0.5, 0.6) is 11.5 Å². The summed E-state index contributed by atoms with van der Waals surface area (Å²) < 4.78 is 12.5. The molecule has 166 valence electrons. The SMILES string of the molecule is COc1ccc(C2CC(c3ccc(Br)cc3)=NN2C(=O)CSc2nnc(N)s2)cc1OC. The zero-order chi connectivity index (χ0) is 22.7. The zero-order valence-corrected chi connectivity index (χ0v) is 20.5. The van der Waals surface area contributed by atoms with E-state index in [2.05, 4.69) is 26.1 Å². The molecule has 1 aliphatic heterocycles. The fraction of sp³-hybridized carbons (Fsp3) is 0.238. The zero-order valence-electron chi connectivity index (χ0n) is 17.3. The van der Waals surface area contributed by atoms with E-state index in [9.17, 15) is 4.79 Å². The number of halogens is 1. The highest BCUT2D eigenvalue weighted by atomic mass is 79.9. The van der Waals surface area contributed by atoms with Gasteiger partial charge in [0.15, 0.2) is 15.8 Å². The Hall–Kier alpha value is -2.63. The number of nitrogens with zero attached hydrogens (tertiary/aromatic N) is 4. The van der Waals surface area contributed by atoms with Gasteiger partial charge in [0.1, 0.15) is 0 Å². The molecule has 8 nitrogen and oxygen atoms in total. The highest BCUT2D eigenvalue weighted by molar-refractivity contribution is 9.10. The lowest BCUT2D eigenvalue weighted by Crippen LogP contribution is -2.28. The highest BCUT2D eigenvalue weighted by Gasteiger charge is 2.33. The number of aromatic nitrogens is 2. The molecule has 2 aromatic carbocycles. The minimum atomic E-state index is -0.263. The van der Waals surface area contributed by atoms with Gasteiger partial charge in [-0.1, -0.05) is 57.2 Å². The molecule has 2 heterocycles. The van der Waals surface area contributed by atoms with Crippen molar-refractivity contribution in [3.05, 3.63) is 58.1 Å². The molecule has 1 aliphatic rings. The number of methoxy groups -OCH3 is 2. The summed E-state index contributed by atoms with van der Waals surface area (Å²) in [5, 5.41) is 14.4. The lowest BCUT2D eigenvalue weighted by molar-refractivity contribution is -0.130. The van der Waals surface area contributed by atoms with Crippen LogP contribution in [0.2, 0.25) is 0 Å². The van der Waals surface area contributed by atoms with Gasteiger partial charge in [-0.2, -0.15) is 5.10 Å². The van der Waals surface area contributed by atoms with Crippen molar-refractivity contribution in [1.82, 2.24) is 15.2 Å². The van der Waals surface area contributed by atoms with Gasteiger partial charge in [-0.15, -0.1) is 10.2 Å². The molecular weight excluding hydrogens is 514 g/mol. The van der Waals surface area contributed by atoms with Crippen molar-refractivity contribution in [3.63, 3.8) is 0 Å². The van der Waals surface area contributed by atoms with Crippen molar-refractivity contribution in [2.75, 3.05) is 25.7 Å². The van der Waals surface area contributed by atoms with Gasteiger partial charge in [0.2, 0.25) is 5.13 Å². The molecule has 1 amide bonds. The first-order chi connectivity index (χ1) is 15.5. The van der Waals surface area contributed by atoms with E-state index < -0.39 is 0 Å². The van der Waals surface area contributed by atoms with Crippen molar-refractivity contribution in [2.45, 2.75) is 16.8 Å². The quantitative estimate of drug-likeness (QED) is 0.449. The number of hydrogen-bond donors (Lipinski definition) is 1. The van der Waals surface area contributed by atoms with Gasteiger partial charge >= 0.3 is 0 Å². The molecule has 0 saturated heterocycles. The maximum Gasteiger partial charge on any atom is 0.253 e. The number of amides is 1. The highest BCUT2D eigenvalue weighted by Crippen LogP contribution is 2.38. The fourth-order valence-electron chi connectivity index (χ4n) is 3.35. The molecule has 1 aromatic heterocycles. The first kappa shape index (κ1) is 22.6. The van der Waals surface area contributed by atoms with E-state index >= 15 is 0 Å². The monoisotopic (exact) mass is 533 g/mol. The van der Waals surface area contributed by atoms with Crippen LogP contribution in [0.25, 0.3) is 0 Å². The van der Waals surface area contributed by atoms with Crippen LogP contribution in [-0.2, 0) is 4.79 Å². The van der Waals surface area contributed by atoms with Crippen LogP contribution in [-0.4, -0.2) is 46.8 Å². The van der Waals surface area contributed by atoms with Crippen molar-refractivity contribution < 1.29 is 14.3 Å². The number of nitrogen functional groups attached to an aromatic ring is 1. The van der Waals surface area contributed by atoms with Crippen LogP contribution >= 0.6 is 39.0 Å². The first-order valence-corrected chi connectivity index (χ1v) is 12.2. The molecule has 32 heavy (non-hydrogen) atoms. The molecule has 0 fully saturated rings. The summed E-state index contributed by atoms with van der Waals surface area (Å²) in [5.41, 5.74) is 8.37. The third kappa shape index (κ3) is 4.89. The maximum absolute atomic E-state index is 13.2. The summed E-state index contributed by atoms with van der Waals surface area (Å²) in [7, 11) is 3.18. The van der Waals surface area contributed by atoms with E-state index in [1.54, 1.807) is 19.2 Å². The van der Waals surface area contributed by atoms with E-state index in [4.69, 9.17) is 20.3 Å². The molecule has 4 rings (SSSR count). The number of carbonyl (C=O) groups is 1. The Morgan fingerprint density at radius 3 is 2.59 bits per heavy atom. The Bertz CT molecular complexity index is 1150. The summed E-state index contributed by atoms with van der Waals surface area (Å²) in [4.78, 5) is 13.2. The predicted octanol–water partition coefficient (Wildman–Crippen LogP) is 4.37. The number of ether oxygens (including phenoxy) is 2. The largest absolute Gasteiger partial charge is 0.493 e. The number of nitrogens with two attached hydrogens (primary N) is 1. The summed E-state index contributed by atoms with van der Waals surface area (Å²) in [6.45, 7) is 0. The third-order valence-electron chi connectivity index (χ3n) is 4.88. The number of anilines is 1. The molecule has 1 unspecified atom stereocenters. The third-order valence-corrected chi connectivity index (χ3v) is 7.28. The molecule has 2 N–H and O–H groups in total. The van der Waals surface area contributed by atoms with Crippen molar-refractivity contribution in [2.24, 2.45) is 5.10 Å². The van der Waals surface area contributed by atoms with Gasteiger partial charge in [-0.05, 0) is 35.4 Å². The Kier molecular flexibility index (Phi) is 6.97. The van der Waals surface area contributed by atoms with Crippen molar-refractivity contribution in [1.29, 1.82) is 0 Å². The van der Waals surface area contributed by atoms with Crippen molar-refractivity contribution in [3.8, 4) is 11.5 Å². The van der Waals surface area contributed by atoms with Crippen LogP contribution < -0.4 is 15.2 Å². The minimum Gasteiger partial charge on any atom is -0.493 e. The van der Waals surface area contributed by atoms with Crippen LogP contribution in [0.4, 0.5) is 5.13 Å². The van der Waals surface area contributed by atoms with Gasteiger partial charge in [-0.3, -0.25) is 4.79 Å². The number of hydrogen-bond acceptors (Lipinski definition) is 9. The fourth-order valence-corrected chi connectivity index (χ4v) is 5.10. The molecule has 1 atom stereocenters. The smallest absolute Gasteiger partial charge is 0.253 e. The number of rotatable bonds is 7. The average Bonchev–Trinajstić information content (AvgIpc) is 3.44. The molecule has 0 saturated carbocycles. The van der Waals surface area contributed by atoms with Crippen LogP contribution in [0.3, 0.4) is 0 Å². The topological polar surface area (TPSA) is 103 Å². The summed E-state index contributed by atoms with van der Waals surface area (Å²) in [5.74, 6) is 1.28. The minimum absolute atomic E-state index is 0.129. The summed E-state index contributed by atoms with van der Waals surface area (Å²) in [6.07, 6.45) is 0.583. The standard InChI is InChI=1S/C21H20BrN5O3S2/c1-29-17-8-5-13(9-18(17)30-2)16-10-15(12-3-6-14(22)7-4-12)26-27(16)19(28)11-31-21-25-24-20(23)32-21/h3-9,16H,10-11H2,1-2H3,(H2,23,24). The van der Waals surface area contributed by atoms with Crippen LogP contribution in [0.1, 0.15) is 23.6 Å². The van der Waals surface area contributed by atoms with Gasteiger partial charge in [-0.25, -0.2) is 5.01 Å². The van der Waals surface area contributed by atoms with E-state index in [0.29, 0.717) is 27.4 Å². The van der Waals surface area contributed by atoms with Crippen molar-refractivity contribution >= 4 is 55.8 Å². The molecule has 0 aliphatic carbocycles. The number of hydrazone groups is 1. The Morgan fingerprint density at radius 2 is 1.94 bits per heavy atom. The van der Waals surface area contributed by atoms with Crippen LogP contribution in [0.15, 0.2) is 56.4 Å². The lowest BCUT2D eigenvalue weighted by atomic mass is 9.98. The molecule has 0 spiro atoms. The average molecular weight is 534 g/mol. The lowest BCUT2D eigenvalue weighted by Gasteiger charge is -2.22. The Labute approximate surface area is 201 Å². The predicted molar refractivity (Wildman–Crippen MR) is 129 cm³/mol. The maximum atomic E-state index is 13.2.